The second-order valence-electron chi connectivity index (χ2n) is 8.45. The van der Waals surface area contributed by atoms with Crippen molar-refractivity contribution in [1.82, 2.24) is 10.2 Å². The number of benzene rings is 1. The summed E-state index contributed by atoms with van der Waals surface area (Å²) in [6, 6.07) is 7.50. The molecule has 0 unspecified atom stereocenters. The van der Waals surface area contributed by atoms with E-state index in [0.29, 0.717) is 18.0 Å². The van der Waals surface area contributed by atoms with Crippen molar-refractivity contribution in [3.05, 3.63) is 29.8 Å². The second kappa shape index (κ2) is 16.7. The SMILES string of the molecule is CCCCCCCCCCCCCC(=O)NC(=S)Nc1ccc(CC(=O)N(C)C)cc1. The molecule has 0 heterocycles. The van der Waals surface area contributed by atoms with Crippen LogP contribution < -0.4 is 10.6 Å². The molecule has 0 saturated carbocycles. The van der Waals surface area contributed by atoms with Gasteiger partial charge < -0.3 is 15.5 Å². The fourth-order valence-corrected chi connectivity index (χ4v) is 3.57. The van der Waals surface area contributed by atoms with Gasteiger partial charge in [0.1, 0.15) is 0 Å². The minimum Gasteiger partial charge on any atom is -0.349 e. The summed E-state index contributed by atoms with van der Waals surface area (Å²) >= 11 is 5.23. The van der Waals surface area contributed by atoms with Gasteiger partial charge in [-0.15, -0.1) is 0 Å². The monoisotopic (exact) mass is 447 g/mol. The number of nitrogens with one attached hydrogen (secondary N) is 2. The lowest BCUT2D eigenvalue weighted by molar-refractivity contribution is -0.128. The highest BCUT2D eigenvalue weighted by Crippen LogP contribution is 2.13. The number of anilines is 1. The number of carbonyl (C=O) groups excluding carboxylic acids is 2. The van der Waals surface area contributed by atoms with Crippen LogP contribution in [-0.4, -0.2) is 35.9 Å². The highest BCUT2D eigenvalue weighted by atomic mass is 32.1. The van der Waals surface area contributed by atoms with Crippen LogP contribution in [0.3, 0.4) is 0 Å². The Morgan fingerprint density at radius 2 is 1.35 bits per heavy atom. The van der Waals surface area contributed by atoms with Crippen LogP contribution in [0.25, 0.3) is 0 Å². The van der Waals surface area contributed by atoms with Gasteiger partial charge in [0, 0.05) is 26.2 Å². The Bertz CT molecular complexity index is 659. The first-order chi connectivity index (χ1) is 14.9. The molecule has 0 atom stereocenters. The van der Waals surface area contributed by atoms with Crippen molar-refractivity contribution < 1.29 is 9.59 Å². The summed E-state index contributed by atoms with van der Waals surface area (Å²) in [5.41, 5.74) is 1.73. The molecular weight excluding hydrogens is 406 g/mol. The van der Waals surface area contributed by atoms with Gasteiger partial charge in [0.05, 0.1) is 6.42 Å². The number of carbonyl (C=O) groups is 2. The second-order valence-corrected chi connectivity index (χ2v) is 8.86. The predicted octanol–water partition coefficient (Wildman–Crippen LogP) is 5.83. The van der Waals surface area contributed by atoms with E-state index in [9.17, 15) is 9.59 Å². The van der Waals surface area contributed by atoms with Gasteiger partial charge in [-0.3, -0.25) is 9.59 Å². The number of rotatable bonds is 15. The van der Waals surface area contributed by atoms with Crippen molar-refractivity contribution in [2.45, 2.75) is 90.4 Å². The first-order valence-electron chi connectivity index (χ1n) is 11.8. The van der Waals surface area contributed by atoms with Gasteiger partial charge in [-0.25, -0.2) is 0 Å². The van der Waals surface area contributed by atoms with Crippen LogP contribution in [0, 0.1) is 0 Å². The molecule has 0 spiro atoms. The van der Waals surface area contributed by atoms with Gasteiger partial charge in [-0.05, 0) is 36.3 Å². The third-order valence-electron chi connectivity index (χ3n) is 5.33. The van der Waals surface area contributed by atoms with Crippen LogP contribution in [0.2, 0.25) is 0 Å². The quantitative estimate of drug-likeness (QED) is 0.262. The summed E-state index contributed by atoms with van der Waals surface area (Å²) in [5, 5.41) is 6.08. The normalized spacial score (nSPS) is 10.5. The van der Waals surface area contributed by atoms with E-state index in [0.717, 1.165) is 24.1 Å². The lowest BCUT2D eigenvalue weighted by atomic mass is 10.1. The van der Waals surface area contributed by atoms with Crippen LogP contribution in [0.5, 0.6) is 0 Å². The van der Waals surface area contributed by atoms with Gasteiger partial charge in [-0.1, -0.05) is 83.3 Å². The summed E-state index contributed by atoms with van der Waals surface area (Å²) in [6.45, 7) is 2.25. The molecule has 0 bridgehead atoms. The topological polar surface area (TPSA) is 61.4 Å². The lowest BCUT2D eigenvalue weighted by Gasteiger charge is -2.12. The Hall–Kier alpha value is -1.95. The summed E-state index contributed by atoms with van der Waals surface area (Å²) in [5.74, 6) is 0.0209. The standard InChI is InChI=1S/C25H41N3O2S/c1-4-5-6-7-8-9-10-11-12-13-14-15-23(29)27-25(31)26-22-18-16-21(17-19-22)20-24(30)28(2)3/h16-19H,4-15,20H2,1-3H3,(H2,26,27,29,31). The van der Waals surface area contributed by atoms with E-state index in [1.807, 2.05) is 24.3 Å². The summed E-state index contributed by atoms with van der Waals surface area (Å²) < 4.78 is 0. The zero-order valence-corrected chi connectivity index (χ0v) is 20.5. The zero-order chi connectivity index (χ0) is 22.9. The first kappa shape index (κ1) is 27.1. The number of nitrogens with zero attached hydrogens (tertiary/aromatic N) is 1. The molecule has 0 radical (unpaired) electrons. The maximum atomic E-state index is 12.1. The lowest BCUT2D eigenvalue weighted by Crippen LogP contribution is -2.33. The Morgan fingerprint density at radius 3 is 1.87 bits per heavy atom. The van der Waals surface area contributed by atoms with Gasteiger partial charge in [-0.2, -0.15) is 0 Å². The zero-order valence-electron chi connectivity index (χ0n) is 19.7. The number of amides is 2. The molecule has 2 amide bonds. The number of hydrogen-bond acceptors (Lipinski definition) is 3. The molecule has 5 nitrogen and oxygen atoms in total. The van der Waals surface area contributed by atoms with Gasteiger partial charge in [0.25, 0.3) is 0 Å². The van der Waals surface area contributed by atoms with E-state index >= 15 is 0 Å². The van der Waals surface area contributed by atoms with E-state index in [-0.39, 0.29) is 11.8 Å². The van der Waals surface area contributed by atoms with E-state index in [2.05, 4.69) is 17.6 Å². The molecule has 0 aliphatic rings. The first-order valence-corrected chi connectivity index (χ1v) is 12.2. The minimum atomic E-state index is -0.0402. The third kappa shape index (κ3) is 13.9. The fraction of sp³-hybridized carbons (Fsp3) is 0.640. The van der Waals surface area contributed by atoms with E-state index < -0.39 is 0 Å². The van der Waals surface area contributed by atoms with E-state index in [1.54, 1.807) is 19.0 Å². The smallest absolute Gasteiger partial charge is 0.226 e. The van der Waals surface area contributed by atoms with Crippen molar-refractivity contribution in [2.24, 2.45) is 0 Å². The average molecular weight is 448 g/mol. The van der Waals surface area contributed by atoms with Crippen molar-refractivity contribution in [3.63, 3.8) is 0 Å². The highest BCUT2D eigenvalue weighted by molar-refractivity contribution is 7.80. The summed E-state index contributed by atoms with van der Waals surface area (Å²) in [4.78, 5) is 25.4. The Labute approximate surface area is 194 Å². The number of unbranched alkanes of at least 4 members (excludes halogenated alkanes) is 10. The summed E-state index contributed by atoms with van der Waals surface area (Å²) in [6.07, 6.45) is 14.8. The molecule has 6 heteroatoms. The van der Waals surface area contributed by atoms with Crippen LogP contribution in [0.1, 0.15) is 89.5 Å². The maximum Gasteiger partial charge on any atom is 0.226 e. The highest BCUT2D eigenvalue weighted by Gasteiger charge is 2.07. The predicted molar refractivity (Wildman–Crippen MR) is 134 cm³/mol. The van der Waals surface area contributed by atoms with Gasteiger partial charge in [0.2, 0.25) is 11.8 Å². The largest absolute Gasteiger partial charge is 0.349 e. The van der Waals surface area contributed by atoms with E-state index in [1.165, 1.54) is 57.8 Å². The van der Waals surface area contributed by atoms with Gasteiger partial charge >= 0.3 is 0 Å². The molecule has 0 aliphatic heterocycles. The van der Waals surface area contributed by atoms with Crippen molar-refractivity contribution in [1.29, 1.82) is 0 Å². The van der Waals surface area contributed by atoms with Gasteiger partial charge in [0.15, 0.2) is 5.11 Å². The van der Waals surface area contributed by atoms with Crippen LogP contribution in [-0.2, 0) is 16.0 Å². The van der Waals surface area contributed by atoms with Crippen molar-refractivity contribution in [3.8, 4) is 0 Å². The van der Waals surface area contributed by atoms with Crippen LogP contribution >= 0.6 is 12.2 Å². The Kier molecular flexibility index (Phi) is 14.6. The van der Waals surface area contributed by atoms with Crippen LogP contribution in [0.4, 0.5) is 5.69 Å². The molecule has 31 heavy (non-hydrogen) atoms. The number of likely N-dealkylation sites (N-methyl/N-ethyl adjacent to an activating group) is 1. The molecule has 0 aromatic heterocycles. The fourth-order valence-electron chi connectivity index (χ4n) is 3.34. The Balaban J connectivity index is 2.10. The number of thiocarbonyl (C=S) groups is 1. The Morgan fingerprint density at radius 1 is 0.839 bits per heavy atom. The van der Waals surface area contributed by atoms with Crippen LogP contribution in [0.15, 0.2) is 24.3 Å². The molecular formula is C25H41N3O2S. The molecule has 2 N–H and O–H groups in total. The number of hydrogen-bond donors (Lipinski definition) is 2. The molecule has 0 saturated heterocycles. The summed E-state index contributed by atoms with van der Waals surface area (Å²) in [7, 11) is 3.49. The maximum absolute atomic E-state index is 12.1. The molecule has 1 aromatic carbocycles. The average Bonchev–Trinajstić information content (AvgIpc) is 2.73. The minimum absolute atomic E-state index is 0.0402. The molecule has 1 aromatic rings. The van der Waals surface area contributed by atoms with E-state index in [4.69, 9.17) is 12.2 Å². The molecule has 174 valence electrons. The van der Waals surface area contributed by atoms with Crippen molar-refractivity contribution in [2.75, 3.05) is 19.4 Å². The molecule has 0 aliphatic carbocycles. The molecule has 0 fully saturated rings. The van der Waals surface area contributed by atoms with Crippen molar-refractivity contribution >= 4 is 34.8 Å². The third-order valence-corrected chi connectivity index (χ3v) is 5.53. The molecule has 1 rings (SSSR count).